The Kier molecular flexibility index (Phi) is 8.22. The lowest BCUT2D eigenvalue weighted by atomic mass is 9.89. The number of nitrogens with one attached hydrogen (secondary N) is 1. The molecule has 2 aliphatic carbocycles. The number of aromatic nitrogens is 5. The fraction of sp³-hybridized carbons (Fsp3) is 0.586. The Morgan fingerprint density at radius 2 is 1.95 bits per heavy atom. The van der Waals surface area contributed by atoms with E-state index in [2.05, 4.69) is 40.7 Å². The summed E-state index contributed by atoms with van der Waals surface area (Å²) < 4.78 is 37.2. The highest BCUT2D eigenvalue weighted by molar-refractivity contribution is 7.90. The number of halogens is 1. The second-order valence-corrected chi connectivity index (χ2v) is 14.7. The maximum atomic E-state index is 13.1. The van der Waals surface area contributed by atoms with Gasteiger partial charge in [0.05, 0.1) is 17.9 Å². The number of aryl methyl sites for hydroxylation is 2. The number of amides is 1. The SMILES string of the molecule is Cc1nn(CCC[C@@H]2CCC(C)(C)C2)cc1S(=O)(=O)NC(=O)c1ccc(-n2ccc(OCCC3(C)CC3)n2)nc1Cl. The van der Waals surface area contributed by atoms with E-state index in [1.165, 1.54) is 49.0 Å². The van der Waals surface area contributed by atoms with Gasteiger partial charge in [0, 0.05) is 25.0 Å². The van der Waals surface area contributed by atoms with Crippen molar-refractivity contribution >= 4 is 27.5 Å². The quantitative estimate of drug-likeness (QED) is 0.263. The molecular formula is C29H39ClN6O4S. The minimum atomic E-state index is -4.17. The van der Waals surface area contributed by atoms with E-state index in [0.29, 0.717) is 47.3 Å². The summed E-state index contributed by atoms with van der Waals surface area (Å²) in [6.45, 7) is 9.71. The summed E-state index contributed by atoms with van der Waals surface area (Å²) in [5.74, 6) is 0.677. The molecule has 3 aromatic rings. The molecule has 222 valence electrons. The van der Waals surface area contributed by atoms with E-state index in [1.807, 2.05) is 0 Å². The average Bonchev–Trinajstić information content (AvgIpc) is 3.21. The lowest BCUT2D eigenvalue weighted by molar-refractivity contribution is 0.0981. The van der Waals surface area contributed by atoms with Crippen LogP contribution in [0.1, 0.15) is 88.2 Å². The predicted octanol–water partition coefficient (Wildman–Crippen LogP) is 5.72. The van der Waals surface area contributed by atoms with Crippen LogP contribution in [-0.4, -0.2) is 45.5 Å². The topological polar surface area (TPSA) is 121 Å². The maximum absolute atomic E-state index is 13.1. The Bertz CT molecular complexity index is 1530. The van der Waals surface area contributed by atoms with Gasteiger partial charge in [-0.3, -0.25) is 9.48 Å². The van der Waals surface area contributed by atoms with Gasteiger partial charge in [0.1, 0.15) is 10.0 Å². The van der Waals surface area contributed by atoms with E-state index in [0.717, 1.165) is 19.3 Å². The Morgan fingerprint density at radius 3 is 2.63 bits per heavy atom. The fourth-order valence-electron chi connectivity index (χ4n) is 5.58. The Hall–Kier alpha value is -2.92. The number of rotatable bonds is 12. The van der Waals surface area contributed by atoms with Crippen molar-refractivity contribution in [3.05, 3.63) is 47.0 Å². The van der Waals surface area contributed by atoms with Gasteiger partial charge in [-0.15, -0.1) is 5.10 Å². The molecule has 0 saturated heterocycles. The van der Waals surface area contributed by atoms with Crippen LogP contribution in [0.3, 0.4) is 0 Å². The lowest BCUT2D eigenvalue weighted by Gasteiger charge is -2.16. The molecule has 1 N–H and O–H groups in total. The fourth-order valence-corrected chi connectivity index (χ4v) is 6.97. The first kappa shape index (κ1) is 29.6. The van der Waals surface area contributed by atoms with Crippen molar-refractivity contribution in [3.8, 4) is 11.7 Å². The van der Waals surface area contributed by atoms with Gasteiger partial charge in [-0.25, -0.2) is 22.8 Å². The molecule has 0 aromatic carbocycles. The molecule has 12 heteroatoms. The number of sulfonamides is 1. The Labute approximate surface area is 246 Å². The van der Waals surface area contributed by atoms with Crippen LogP contribution in [0.4, 0.5) is 0 Å². The second-order valence-electron chi connectivity index (χ2n) is 12.7. The van der Waals surface area contributed by atoms with Crippen molar-refractivity contribution in [2.75, 3.05) is 6.61 Å². The van der Waals surface area contributed by atoms with Gasteiger partial charge in [0.15, 0.2) is 5.82 Å². The third kappa shape index (κ3) is 7.30. The summed E-state index contributed by atoms with van der Waals surface area (Å²) in [6, 6.07) is 4.70. The third-order valence-corrected chi connectivity index (χ3v) is 10.1. The van der Waals surface area contributed by atoms with Crippen molar-refractivity contribution in [3.63, 3.8) is 0 Å². The lowest BCUT2D eigenvalue weighted by Crippen LogP contribution is -2.31. The molecule has 0 aliphatic heterocycles. The van der Waals surface area contributed by atoms with Crippen LogP contribution in [0, 0.1) is 23.7 Å². The number of hydrogen-bond acceptors (Lipinski definition) is 7. The summed E-state index contributed by atoms with van der Waals surface area (Å²) in [5, 5.41) is 8.60. The largest absolute Gasteiger partial charge is 0.477 e. The van der Waals surface area contributed by atoms with Gasteiger partial charge < -0.3 is 4.74 Å². The highest BCUT2D eigenvalue weighted by Gasteiger charge is 2.36. The van der Waals surface area contributed by atoms with Crippen LogP contribution >= 0.6 is 11.6 Å². The van der Waals surface area contributed by atoms with Crippen molar-refractivity contribution in [1.82, 2.24) is 29.3 Å². The smallest absolute Gasteiger partial charge is 0.268 e. The summed E-state index contributed by atoms with van der Waals surface area (Å²) >= 11 is 6.30. The number of carbonyl (C=O) groups excluding carboxylic acids is 1. The average molecular weight is 603 g/mol. The van der Waals surface area contributed by atoms with E-state index in [4.69, 9.17) is 16.3 Å². The first-order chi connectivity index (χ1) is 19.3. The van der Waals surface area contributed by atoms with Crippen molar-refractivity contribution in [2.45, 2.75) is 90.5 Å². The van der Waals surface area contributed by atoms with E-state index in [9.17, 15) is 13.2 Å². The molecule has 0 radical (unpaired) electrons. The molecule has 0 spiro atoms. The molecule has 2 aliphatic rings. The molecule has 1 atom stereocenters. The molecule has 10 nitrogen and oxygen atoms in total. The number of ether oxygens (including phenoxy) is 1. The van der Waals surface area contributed by atoms with Gasteiger partial charge >= 0.3 is 0 Å². The van der Waals surface area contributed by atoms with E-state index in [1.54, 1.807) is 29.9 Å². The van der Waals surface area contributed by atoms with Crippen LogP contribution in [0.25, 0.3) is 5.82 Å². The summed E-state index contributed by atoms with van der Waals surface area (Å²) in [5.41, 5.74) is 1.07. The zero-order valence-electron chi connectivity index (χ0n) is 24.2. The van der Waals surface area contributed by atoms with Gasteiger partial charge in [-0.1, -0.05) is 32.4 Å². The summed E-state index contributed by atoms with van der Waals surface area (Å²) in [6.07, 6.45) is 12.4. The van der Waals surface area contributed by atoms with Crippen LogP contribution in [0.15, 0.2) is 35.5 Å². The number of hydrogen-bond donors (Lipinski definition) is 1. The Balaban J connectivity index is 1.18. The molecule has 3 aromatic heterocycles. The number of pyridine rings is 1. The van der Waals surface area contributed by atoms with Crippen molar-refractivity contribution in [1.29, 1.82) is 0 Å². The van der Waals surface area contributed by atoms with Gasteiger partial charge in [-0.05, 0) is 87.2 Å². The third-order valence-electron chi connectivity index (χ3n) is 8.43. The van der Waals surface area contributed by atoms with Crippen molar-refractivity contribution < 1.29 is 17.9 Å². The van der Waals surface area contributed by atoms with Crippen LogP contribution in [-0.2, 0) is 16.6 Å². The predicted molar refractivity (Wildman–Crippen MR) is 156 cm³/mol. The van der Waals surface area contributed by atoms with Crippen LogP contribution < -0.4 is 9.46 Å². The first-order valence-corrected chi connectivity index (χ1v) is 16.2. The molecule has 2 fully saturated rings. The normalized spacial score (nSPS) is 19.3. The molecular weight excluding hydrogens is 564 g/mol. The highest BCUT2D eigenvalue weighted by atomic mass is 35.5. The molecule has 5 rings (SSSR count). The second kappa shape index (κ2) is 11.4. The molecule has 2 saturated carbocycles. The Morgan fingerprint density at radius 1 is 1.17 bits per heavy atom. The van der Waals surface area contributed by atoms with E-state index in [-0.39, 0.29) is 15.6 Å². The molecule has 1 amide bonds. The molecule has 41 heavy (non-hydrogen) atoms. The highest BCUT2D eigenvalue weighted by Crippen LogP contribution is 2.48. The maximum Gasteiger partial charge on any atom is 0.268 e. The van der Waals surface area contributed by atoms with Gasteiger partial charge in [0.25, 0.3) is 15.9 Å². The zero-order valence-corrected chi connectivity index (χ0v) is 25.8. The number of nitrogens with zero attached hydrogens (tertiary/aromatic N) is 5. The minimum absolute atomic E-state index is 0.0340. The molecule has 3 heterocycles. The van der Waals surface area contributed by atoms with Gasteiger partial charge in [0.2, 0.25) is 5.88 Å². The monoisotopic (exact) mass is 602 g/mol. The van der Waals surface area contributed by atoms with Crippen LogP contribution in [0.5, 0.6) is 5.88 Å². The molecule has 0 bridgehead atoms. The zero-order chi connectivity index (χ0) is 29.4. The van der Waals surface area contributed by atoms with Crippen LogP contribution in [0.2, 0.25) is 5.15 Å². The summed E-state index contributed by atoms with van der Waals surface area (Å²) in [7, 11) is -4.17. The van der Waals surface area contributed by atoms with E-state index < -0.39 is 15.9 Å². The molecule has 0 unspecified atom stereocenters. The summed E-state index contributed by atoms with van der Waals surface area (Å²) in [4.78, 5) is 17.1. The first-order valence-electron chi connectivity index (χ1n) is 14.3. The van der Waals surface area contributed by atoms with Gasteiger partial charge in [-0.2, -0.15) is 5.10 Å². The minimum Gasteiger partial charge on any atom is -0.477 e. The van der Waals surface area contributed by atoms with Crippen molar-refractivity contribution in [2.24, 2.45) is 16.7 Å². The standard InChI is InChI=1S/C29H39ClN6O4S/c1-20-23(19-35(32-20)15-5-6-21-9-11-28(2,3)18-21)41(38,39)34-27(37)22-7-8-24(31-26(22)30)36-16-10-25(33-36)40-17-14-29(4)12-13-29/h7-8,10,16,19,21H,5-6,9,11-15,17-18H2,1-4H3,(H,34,37)/t21-/m1/s1. The van der Waals surface area contributed by atoms with E-state index >= 15 is 0 Å². The number of carbonyl (C=O) groups is 1.